The number of hydrogen-bond donors (Lipinski definition) is 2. The summed E-state index contributed by atoms with van der Waals surface area (Å²) in [6, 6.07) is 14.8. The molecule has 0 aliphatic carbocycles. The van der Waals surface area contributed by atoms with Crippen LogP contribution >= 0.6 is 0 Å². The van der Waals surface area contributed by atoms with Crippen LogP contribution in [0.25, 0.3) is 0 Å². The molecule has 2 N–H and O–H groups in total. The van der Waals surface area contributed by atoms with Crippen molar-refractivity contribution in [3.8, 4) is 0 Å². The summed E-state index contributed by atoms with van der Waals surface area (Å²) in [5.41, 5.74) is 2.19. The van der Waals surface area contributed by atoms with Gasteiger partial charge < -0.3 is 5.32 Å². The Morgan fingerprint density at radius 1 is 0.688 bits per heavy atom. The van der Waals surface area contributed by atoms with Crippen LogP contribution in [0.4, 0.5) is 22.0 Å². The highest BCUT2D eigenvalue weighted by molar-refractivity contribution is 5.95. The summed E-state index contributed by atoms with van der Waals surface area (Å²) in [6.07, 6.45) is 0. The fourth-order valence-corrected chi connectivity index (χ4v) is 2.67. The molecule has 0 saturated carbocycles. The lowest BCUT2D eigenvalue weighted by Gasteiger charge is -2.10. The Hall–Kier alpha value is -3.79. The molecule has 0 aliphatic heterocycles. The van der Waals surface area contributed by atoms with Crippen LogP contribution in [0.3, 0.4) is 0 Å². The lowest BCUT2D eigenvalue weighted by Crippen LogP contribution is -2.27. The van der Waals surface area contributed by atoms with Crippen molar-refractivity contribution in [3.05, 3.63) is 106 Å². The molecule has 166 valence electrons. The Labute approximate surface area is 178 Å². The summed E-state index contributed by atoms with van der Waals surface area (Å²) < 4.78 is 66.9. The molecule has 0 heterocycles. The average molecular weight is 450 g/mol. The number of hydrogen-bond acceptors (Lipinski definition) is 3. The Balaban J connectivity index is 1.57. The predicted molar refractivity (Wildman–Crippen MR) is 103 cm³/mol. The fraction of sp³-hybridized carbons (Fsp3) is 0.0909. The van der Waals surface area contributed by atoms with Crippen molar-refractivity contribution in [2.75, 3.05) is 0 Å². The van der Waals surface area contributed by atoms with Gasteiger partial charge in [-0.1, -0.05) is 42.5 Å². The summed E-state index contributed by atoms with van der Waals surface area (Å²) in [7, 11) is 0. The van der Waals surface area contributed by atoms with Gasteiger partial charge in [0.1, 0.15) is 5.56 Å². The first-order valence-corrected chi connectivity index (χ1v) is 9.14. The van der Waals surface area contributed by atoms with Crippen LogP contribution in [0.15, 0.2) is 54.6 Å². The van der Waals surface area contributed by atoms with E-state index < -0.39 is 46.5 Å². The fourth-order valence-electron chi connectivity index (χ4n) is 2.67. The normalized spacial score (nSPS) is 10.7. The maximum atomic E-state index is 13.7. The number of rotatable bonds is 7. The molecule has 3 aromatic rings. The van der Waals surface area contributed by atoms with E-state index in [1.54, 1.807) is 0 Å². The highest BCUT2D eigenvalue weighted by Crippen LogP contribution is 2.23. The predicted octanol–water partition coefficient (Wildman–Crippen LogP) is 4.17. The number of carbonyl (C=O) groups excluding carboxylic acids is 2. The van der Waals surface area contributed by atoms with Crippen molar-refractivity contribution in [3.63, 3.8) is 0 Å². The van der Waals surface area contributed by atoms with Gasteiger partial charge in [0.2, 0.25) is 5.82 Å². The molecule has 0 aromatic heterocycles. The van der Waals surface area contributed by atoms with Crippen molar-refractivity contribution >= 4 is 11.8 Å². The number of nitrogens with one attached hydrogen (secondary N) is 2. The van der Waals surface area contributed by atoms with E-state index in [9.17, 15) is 31.5 Å². The van der Waals surface area contributed by atoms with E-state index in [1.807, 2.05) is 30.3 Å². The van der Waals surface area contributed by atoms with E-state index in [2.05, 4.69) is 10.8 Å². The molecule has 0 fully saturated rings. The number of amides is 2. The molecule has 2 amide bonds. The minimum Gasteiger partial charge on any atom is -0.348 e. The quantitative estimate of drug-likeness (QED) is 0.246. The molecule has 0 aliphatic rings. The third-order valence-corrected chi connectivity index (χ3v) is 4.35. The smallest absolute Gasteiger partial charge is 0.274 e. The van der Waals surface area contributed by atoms with E-state index in [4.69, 9.17) is 4.84 Å². The van der Waals surface area contributed by atoms with Crippen LogP contribution < -0.4 is 10.8 Å². The van der Waals surface area contributed by atoms with Crippen molar-refractivity contribution in [2.45, 2.75) is 13.2 Å². The van der Waals surface area contributed by atoms with E-state index in [1.165, 1.54) is 24.3 Å². The lowest BCUT2D eigenvalue weighted by atomic mass is 10.1. The zero-order valence-electron chi connectivity index (χ0n) is 16.2. The van der Waals surface area contributed by atoms with Crippen LogP contribution in [0.1, 0.15) is 31.8 Å². The SMILES string of the molecule is O=C(NOCc1ccccc1)c1ccc(CNC(=O)c2c(F)c(F)c(F)c(F)c2F)cc1. The summed E-state index contributed by atoms with van der Waals surface area (Å²) in [6.45, 7) is -0.126. The topological polar surface area (TPSA) is 67.4 Å². The number of benzene rings is 3. The van der Waals surface area contributed by atoms with Crippen molar-refractivity contribution in [2.24, 2.45) is 0 Å². The van der Waals surface area contributed by atoms with Crippen LogP contribution in [0, 0.1) is 29.1 Å². The van der Waals surface area contributed by atoms with Crippen molar-refractivity contribution < 1.29 is 36.4 Å². The number of carbonyl (C=O) groups is 2. The largest absolute Gasteiger partial charge is 0.348 e. The lowest BCUT2D eigenvalue weighted by molar-refractivity contribution is 0.0233. The minimum absolute atomic E-state index is 0.161. The summed E-state index contributed by atoms with van der Waals surface area (Å²) >= 11 is 0. The Bertz CT molecular complexity index is 1110. The first kappa shape index (κ1) is 22.9. The molecular weight excluding hydrogens is 435 g/mol. The van der Waals surface area contributed by atoms with Gasteiger partial charge in [-0.15, -0.1) is 0 Å². The maximum Gasteiger partial charge on any atom is 0.274 e. The highest BCUT2D eigenvalue weighted by atomic mass is 19.2. The molecule has 32 heavy (non-hydrogen) atoms. The van der Waals surface area contributed by atoms with Crippen molar-refractivity contribution in [1.29, 1.82) is 0 Å². The zero-order chi connectivity index (χ0) is 23.3. The monoisotopic (exact) mass is 450 g/mol. The number of hydroxylamine groups is 1. The van der Waals surface area contributed by atoms with Crippen LogP contribution in [-0.4, -0.2) is 11.8 Å². The van der Waals surface area contributed by atoms with Gasteiger partial charge in [-0.05, 0) is 23.3 Å². The molecule has 0 unspecified atom stereocenters. The number of halogens is 5. The van der Waals surface area contributed by atoms with Gasteiger partial charge in [-0.3, -0.25) is 14.4 Å². The van der Waals surface area contributed by atoms with Gasteiger partial charge in [-0.2, -0.15) is 0 Å². The maximum absolute atomic E-state index is 13.7. The van der Waals surface area contributed by atoms with Gasteiger partial charge >= 0.3 is 0 Å². The second kappa shape index (κ2) is 10.0. The van der Waals surface area contributed by atoms with E-state index in [-0.39, 0.29) is 18.7 Å². The highest BCUT2D eigenvalue weighted by Gasteiger charge is 2.29. The first-order valence-electron chi connectivity index (χ1n) is 9.14. The summed E-state index contributed by atoms with van der Waals surface area (Å²) in [5, 5.41) is 2.07. The molecule has 0 atom stereocenters. The Morgan fingerprint density at radius 2 is 1.25 bits per heavy atom. The van der Waals surface area contributed by atoms with Crippen LogP contribution in [0.5, 0.6) is 0 Å². The summed E-state index contributed by atoms with van der Waals surface area (Å²) in [4.78, 5) is 29.2. The van der Waals surface area contributed by atoms with E-state index in [0.717, 1.165) is 5.56 Å². The second-order valence-electron chi connectivity index (χ2n) is 6.53. The third-order valence-electron chi connectivity index (χ3n) is 4.35. The molecule has 5 nitrogen and oxygen atoms in total. The van der Waals surface area contributed by atoms with Gasteiger partial charge in [0.05, 0.1) is 6.61 Å². The first-order chi connectivity index (χ1) is 15.3. The van der Waals surface area contributed by atoms with Crippen LogP contribution in [0.2, 0.25) is 0 Å². The van der Waals surface area contributed by atoms with Crippen molar-refractivity contribution in [1.82, 2.24) is 10.8 Å². The molecule has 0 radical (unpaired) electrons. The molecular formula is C22H15F5N2O3. The van der Waals surface area contributed by atoms with Crippen LogP contribution in [-0.2, 0) is 18.0 Å². The van der Waals surface area contributed by atoms with Gasteiger partial charge in [0, 0.05) is 12.1 Å². The molecule has 3 aromatic carbocycles. The molecule has 0 bridgehead atoms. The molecule has 3 rings (SSSR count). The zero-order valence-corrected chi connectivity index (χ0v) is 16.2. The third kappa shape index (κ3) is 5.09. The average Bonchev–Trinajstić information content (AvgIpc) is 2.81. The van der Waals surface area contributed by atoms with E-state index >= 15 is 0 Å². The standard InChI is InChI=1S/C22H15F5N2O3/c23-16-15(17(24)19(26)20(27)18(16)25)22(31)28-10-12-6-8-14(9-7-12)21(30)29-32-11-13-4-2-1-3-5-13/h1-9H,10-11H2,(H,28,31)(H,29,30). The van der Waals surface area contributed by atoms with Gasteiger partial charge in [0.15, 0.2) is 23.3 Å². The molecule has 0 saturated heterocycles. The Morgan fingerprint density at radius 3 is 1.84 bits per heavy atom. The molecule has 0 spiro atoms. The molecule has 10 heteroatoms. The summed E-state index contributed by atoms with van der Waals surface area (Å²) in [5.74, 6) is -13.2. The second-order valence-corrected chi connectivity index (χ2v) is 6.53. The minimum atomic E-state index is -2.35. The Kier molecular flexibility index (Phi) is 7.16. The van der Waals surface area contributed by atoms with Gasteiger partial charge in [0.25, 0.3) is 11.8 Å². The van der Waals surface area contributed by atoms with E-state index in [0.29, 0.717) is 5.56 Å². The van der Waals surface area contributed by atoms with Gasteiger partial charge in [-0.25, -0.2) is 27.4 Å².